The van der Waals surface area contributed by atoms with Crippen LogP contribution in [0.2, 0.25) is 0 Å². The SMILES string of the molecule is CCNC(=NCCCc1c(C)noc1C)NCC. The number of aliphatic imine (C=N–C) groups is 1. The van der Waals surface area contributed by atoms with Crippen LogP contribution in [0.4, 0.5) is 0 Å². The standard InChI is InChI=1S/C13H24N4O/c1-5-14-13(15-6-2)16-9-7-8-12-10(3)17-18-11(12)4/h5-9H2,1-4H3,(H2,14,15,16). The highest BCUT2D eigenvalue weighted by atomic mass is 16.5. The molecule has 2 N–H and O–H groups in total. The molecule has 0 aliphatic heterocycles. The van der Waals surface area contributed by atoms with Crippen molar-refractivity contribution in [1.82, 2.24) is 15.8 Å². The van der Waals surface area contributed by atoms with E-state index in [-0.39, 0.29) is 0 Å². The molecule has 0 spiro atoms. The summed E-state index contributed by atoms with van der Waals surface area (Å²) in [4.78, 5) is 4.51. The molecule has 0 unspecified atom stereocenters. The van der Waals surface area contributed by atoms with E-state index >= 15 is 0 Å². The average Bonchev–Trinajstić information content (AvgIpc) is 2.66. The molecule has 1 aromatic rings. The summed E-state index contributed by atoms with van der Waals surface area (Å²) in [7, 11) is 0. The average molecular weight is 252 g/mol. The number of nitrogens with one attached hydrogen (secondary N) is 2. The lowest BCUT2D eigenvalue weighted by atomic mass is 10.1. The van der Waals surface area contributed by atoms with Gasteiger partial charge < -0.3 is 15.2 Å². The first-order valence-electron chi connectivity index (χ1n) is 6.63. The highest BCUT2D eigenvalue weighted by molar-refractivity contribution is 5.79. The molecule has 0 aromatic carbocycles. The summed E-state index contributed by atoms with van der Waals surface area (Å²) in [5.41, 5.74) is 2.22. The van der Waals surface area contributed by atoms with Gasteiger partial charge in [0.25, 0.3) is 0 Å². The highest BCUT2D eigenvalue weighted by Gasteiger charge is 2.07. The minimum Gasteiger partial charge on any atom is -0.361 e. The summed E-state index contributed by atoms with van der Waals surface area (Å²) in [6.45, 7) is 10.7. The third kappa shape index (κ3) is 4.39. The van der Waals surface area contributed by atoms with Gasteiger partial charge in [-0.2, -0.15) is 0 Å². The molecule has 0 bridgehead atoms. The number of hydrogen-bond donors (Lipinski definition) is 2. The zero-order valence-corrected chi connectivity index (χ0v) is 11.8. The molecule has 0 atom stereocenters. The van der Waals surface area contributed by atoms with Gasteiger partial charge in [-0.3, -0.25) is 4.99 Å². The molecule has 102 valence electrons. The lowest BCUT2D eigenvalue weighted by Crippen LogP contribution is -2.37. The maximum absolute atomic E-state index is 5.14. The van der Waals surface area contributed by atoms with Crippen molar-refractivity contribution < 1.29 is 4.52 Å². The fourth-order valence-corrected chi connectivity index (χ4v) is 1.81. The molecule has 18 heavy (non-hydrogen) atoms. The first kappa shape index (κ1) is 14.5. The van der Waals surface area contributed by atoms with Crippen LogP contribution < -0.4 is 10.6 Å². The highest BCUT2D eigenvalue weighted by Crippen LogP contribution is 2.13. The van der Waals surface area contributed by atoms with Gasteiger partial charge in [0.1, 0.15) is 5.76 Å². The molecule has 0 aliphatic carbocycles. The molecule has 5 heteroatoms. The van der Waals surface area contributed by atoms with Gasteiger partial charge in [0.2, 0.25) is 0 Å². The van der Waals surface area contributed by atoms with E-state index in [1.54, 1.807) is 0 Å². The molecule has 1 aromatic heterocycles. The van der Waals surface area contributed by atoms with Gasteiger partial charge in [-0.15, -0.1) is 0 Å². The van der Waals surface area contributed by atoms with Crippen LogP contribution in [0, 0.1) is 13.8 Å². The molecule has 1 heterocycles. The Bertz CT molecular complexity index is 357. The predicted octanol–water partition coefficient (Wildman–Crippen LogP) is 1.80. The summed E-state index contributed by atoms with van der Waals surface area (Å²) in [6, 6.07) is 0. The zero-order chi connectivity index (χ0) is 13.4. The van der Waals surface area contributed by atoms with Gasteiger partial charge in [-0.05, 0) is 40.5 Å². The summed E-state index contributed by atoms with van der Waals surface area (Å²) in [6.07, 6.45) is 1.97. The second-order valence-electron chi connectivity index (χ2n) is 4.20. The molecule has 0 aliphatic rings. The molecule has 0 amide bonds. The fraction of sp³-hybridized carbons (Fsp3) is 0.692. The lowest BCUT2D eigenvalue weighted by Gasteiger charge is -2.08. The van der Waals surface area contributed by atoms with Crippen molar-refractivity contribution in [2.75, 3.05) is 19.6 Å². The van der Waals surface area contributed by atoms with E-state index in [4.69, 9.17) is 4.52 Å². The van der Waals surface area contributed by atoms with Gasteiger partial charge in [0.05, 0.1) is 5.69 Å². The number of hydrogen-bond acceptors (Lipinski definition) is 3. The van der Waals surface area contributed by atoms with Crippen LogP contribution in [0.3, 0.4) is 0 Å². The number of aromatic nitrogens is 1. The van der Waals surface area contributed by atoms with Crippen LogP contribution in [0.1, 0.15) is 37.3 Å². The lowest BCUT2D eigenvalue weighted by molar-refractivity contribution is 0.392. The van der Waals surface area contributed by atoms with Crippen molar-refractivity contribution in [1.29, 1.82) is 0 Å². The van der Waals surface area contributed by atoms with E-state index in [0.29, 0.717) is 0 Å². The van der Waals surface area contributed by atoms with E-state index in [9.17, 15) is 0 Å². The van der Waals surface area contributed by atoms with E-state index < -0.39 is 0 Å². The Hall–Kier alpha value is -1.52. The summed E-state index contributed by atoms with van der Waals surface area (Å²) < 4.78 is 5.14. The number of aryl methyl sites for hydroxylation is 2. The summed E-state index contributed by atoms with van der Waals surface area (Å²) >= 11 is 0. The van der Waals surface area contributed by atoms with Gasteiger partial charge in [0.15, 0.2) is 5.96 Å². The number of guanidine groups is 1. The first-order chi connectivity index (χ1) is 8.69. The fourth-order valence-electron chi connectivity index (χ4n) is 1.81. The van der Waals surface area contributed by atoms with Crippen molar-refractivity contribution in [3.63, 3.8) is 0 Å². The van der Waals surface area contributed by atoms with Crippen molar-refractivity contribution >= 4 is 5.96 Å². The molecule has 1 rings (SSSR count). The van der Waals surface area contributed by atoms with Crippen LogP contribution in [-0.2, 0) is 6.42 Å². The summed E-state index contributed by atoms with van der Waals surface area (Å²) in [5, 5.41) is 10.4. The largest absolute Gasteiger partial charge is 0.361 e. The molecule has 0 fully saturated rings. The van der Waals surface area contributed by atoms with Crippen LogP contribution in [0.5, 0.6) is 0 Å². The maximum Gasteiger partial charge on any atom is 0.191 e. The van der Waals surface area contributed by atoms with Crippen LogP contribution in [0.15, 0.2) is 9.52 Å². The Kier molecular flexibility index (Phi) is 6.25. The Morgan fingerprint density at radius 2 is 1.89 bits per heavy atom. The number of rotatable bonds is 6. The van der Waals surface area contributed by atoms with Crippen LogP contribution >= 0.6 is 0 Å². The van der Waals surface area contributed by atoms with Crippen LogP contribution in [-0.4, -0.2) is 30.8 Å². The van der Waals surface area contributed by atoms with E-state index in [1.807, 2.05) is 13.8 Å². The monoisotopic (exact) mass is 252 g/mol. The van der Waals surface area contributed by atoms with Crippen LogP contribution in [0.25, 0.3) is 0 Å². The van der Waals surface area contributed by atoms with Gasteiger partial charge >= 0.3 is 0 Å². The predicted molar refractivity (Wildman–Crippen MR) is 74.0 cm³/mol. The second kappa shape index (κ2) is 7.74. The number of nitrogens with zero attached hydrogens (tertiary/aromatic N) is 2. The van der Waals surface area contributed by atoms with E-state index in [1.165, 1.54) is 5.56 Å². The molecule has 0 saturated heterocycles. The zero-order valence-electron chi connectivity index (χ0n) is 11.8. The molecular weight excluding hydrogens is 228 g/mol. The smallest absolute Gasteiger partial charge is 0.191 e. The van der Waals surface area contributed by atoms with E-state index in [2.05, 4.69) is 34.6 Å². The maximum atomic E-state index is 5.14. The third-order valence-electron chi connectivity index (χ3n) is 2.72. The molecule has 0 radical (unpaired) electrons. The van der Waals surface area contributed by atoms with Crippen molar-refractivity contribution in [2.24, 2.45) is 4.99 Å². The summed E-state index contributed by atoms with van der Waals surface area (Å²) in [5.74, 6) is 1.81. The molecular formula is C13H24N4O. The van der Waals surface area contributed by atoms with Gasteiger partial charge in [-0.1, -0.05) is 5.16 Å². The second-order valence-corrected chi connectivity index (χ2v) is 4.20. The van der Waals surface area contributed by atoms with Crippen molar-refractivity contribution in [2.45, 2.75) is 40.5 Å². The van der Waals surface area contributed by atoms with Crippen molar-refractivity contribution in [3.05, 3.63) is 17.0 Å². The minimum absolute atomic E-state index is 0.805. The first-order valence-corrected chi connectivity index (χ1v) is 6.63. The van der Waals surface area contributed by atoms with Gasteiger partial charge in [-0.25, -0.2) is 0 Å². The molecule has 0 saturated carbocycles. The Balaban J connectivity index is 2.39. The Morgan fingerprint density at radius 1 is 1.22 bits per heavy atom. The van der Waals surface area contributed by atoms with Crippen molar-refractivity contribution in [3.8, 4) is 0 Å². The Morgan fingerprint density at radius 3 is 2.39 bits per heavy atom. The molecule has 5 nitrogen and oxygen atoms in total. The quantitative estimate of drug-likeness (QED) is 0.460. The normalized spacial score (nSPS) is 10.2. The Labute approximate surface area is 109 Å². The topological polar surface area (TPSA) is 62.5 Å². The third-order valence-corrected chi connectivity index (χ3v) is 2.72. The minimum atomic E-state index is 0.805. The van der Waals surface area contributed by atoms with E-state index in [0.717, 1.165) is 49.9 Å². The van der Waals surface area contributed by atoms with Gasteiger partial charge in [0, 0.05) is 25.2 Å².